The third-order valence-electron chi connectivity index (χ3n) is 9.12. The van der Waals surface area contributed by atoms with Crippen molar-refractivity contribution < 1.29 is 29.4 Å². The second-order valence-electron chi connectivity index (χ2n) is 14.3. The van der Waals surface area contributed by atoms with Crippen molar-refractivity contribution in [1.29, 1.82) is 0 Å². The molecule has 4 amide bonds. The Morgan fingerprint density at radius 1 is 0.574 bits per heavy atom. The molecule has 14 heteroatoms. The first-order valence-corrected chi connectivity index (χ1v) is 19.7. The standard InChI is InChI=1S/C40H52N6O6S2/c1-21(2)31(45-39(51)35-23(5)41-25(7)53-35)37(49)43-29(19-27-15-11-9-12-16-27)33(47)34(48)30(20-28-17-13-10-14-18-28)44-38(50)32(22(3)4)46-40(52)36-24(6)42-26(8)54-36/h9-18,21-22,29-34,47-48H,19-20H2,1-8H3,(H,43,49)(H,44,50)(H,45,51)(H,46,52)/t29-,30-,31-,32-,33+,34+/m0/s1. The first kappa shape index (κ1) is 42.2. The van der Waals surface area contributed by atoms with E-state index in [0.717, 1.165) is 21.1 Å². The van der Waals surface area contributed by atoms with Gasteiger partial charge in [-0.1, -0.05) is 88.4 Å². The zero-order chi connectivity index (χ0) is 39.7. The van der Waals surface area contributed by atoms with Crippen molar-refractivity contribution in [3.63, 3.8) is 0 Å². The van der Waals surface area contributed by atoms with Gasteiger partial charge in [0.05, 0.1) is 33.5 Å². The number of nitrogens with one attached hydrogen (secondary N) is 4. The highest BCUT2D eigenvalue weighted by Gasteiger charge is 2.38. The number of benzene rings is 2. The number of hydrogen-bond acceptors (Lipinski definition) is 10. The maximum atomic E-state index is 14.0. The van der Waals surface area contributed by atoms with Crippen LogP contribution in [0.2, 0.25) is 0 Å². The van der Waals surface area contributed by atoms with Crippen molar-refractivity contribution in [3.05, 3.63) is 103 Å². The monoisotopic (exact) mass is 776 g/mol. The Bertz CT molecular complexity index is 1740. The molecule has 4 aromatic rings. The minimum Gasteiger partial charge on any atom is -0.388 e. The minimum atomic E-state index is -1.58. The normalized spacial score (nSPS) is 14.8. The van der Waals surface area contributed by atoms with Crippen LogP contribution in [-0.2, 0) is 22.4 Å². The topological polar surface area (TPSA) is 183 Å². The van der Waals surface area contributed by atoms with Gasteiger partial charge in [-0.2, -0.15) is 0 Å². The summed E-state index contributed by atoms with van der Waals surface area (Å²) in [6.45, 7) is 14.3. The number of thiazole rings is 2. The SMILES string of the molecule is Cc1nc(C)c(C(=O)N[C@H](C(=O)N[C@@H](Cc2ccccc2)[C@@H](O)[C@H](O)[C@H](Cc2ccccc2)NC(=O)[C@@H](NC(=O)c2sc(C)nc2C)C(C)C)C(C)C)s1. The average Bonchev–Trinajstić information content (AvgIpc) is 3.66. The molecule has 54 heavy (non-hydrogen) atoms. The number of aromatic nitrogens is 2. The smallest absolute Gasteiger partial charge is 0.263 e. The van der Waals surface area contributed by atoms with Crippen LogP contribution in [-0.4, -0.2) is 80.2 Å². The van der Waals surface area contributed by atoms with Crippen LogP contribution in [0.15, 0.2) is 60.7 Å². The fraction of sp³-hybridized carbons (Fsp3) is 0.450. The zero-order valence-corrected chi connectivity index (χ0v) is 33.7. The van der Waals surface area contributed by atoms with Gasteiger partial charge >= 0.3 is 0 Å². The predicted molar refractivity (Wildman–Crippen MR) is 212 cm³/mol. The largest absolute Gasteiger partial charge is 0.388 e. The Hall–Kier alpha value is -4.50. The molecule has 0 unspecified atom stereocenters. The van der Waals surface area contributed by atoms with E-state index >= 15 is 0 Å². The molecule has 0 saturated carbocycles. The van der Waals surface area contributed by atoms with E-state index in [-0.39, 0.29) is 24.7 Å². The number of hydrogen-bond donors (Lipinski definition) is 6. The van der Waals surface area contributed by atoms with Crippen molar-refractivity contribution in [2.75, 3.05) is 0 Å². The van der Waals surface area contributed by atoms with Crippen molar-refractivity contribution in [1.82, 2.24) is 31.2 Å². The van der Waals surface area contributed by atoms with E-state index in [2.05, 4.69) is 31.2 Å². The highest BCUT2D eigenvalue weighted by atomic mass is 32.1. The molecule has 12 nitrogen and oxygen atoms in total. The van der Waals surface area contributed by atoms with Gasteiger partial charge < -0.3 is 31.5 Å². The molecule has 0 fully saturated rings. The van der Waals surface area contributed by atoms with Crippen molar-refractivity contribution in [2.45, 2.75) is 105 Å². The number of nitrogens with zero attached hydrogens (tertiary/aromatic N) is 2. The van der Waals surface area contributed by atoms with Crippen molar-refractivity contribution in [2.24, 2.45) is 11.8 Å². The minimum absolute atomic E-state index is 0.140. The molecule has 0 aliphatic carbocycles. The summed E-state index contributed by atoms with van der Waals surface area (Å²) in [6, 6.07) is 14.4. The van der Waals surface area contributed by atoms with Gasteiger partial charge in [0.1, 0.15) is 34.0 Å². The molecule has 0 radical (unpaired) electrons. The van der Waals surface area contributed by atoms with Gasteiger partial charge in [-0.3, -0.25) is 19.2 Å². The van der Waals surface area contributed by atoms with E-state index < -0.39 is 60.0 Å². The van der Waals surface area contributed by atoms with Crippen LogP contribution in [0.4, 0.5) is 0 Å². The summed E-state index contributed by atoms with van der Waals surface area (Å²) in [5, 5.41) is 36.9. The number of carbonyl (C=O) groups excluding carboxylic acids is 4. The lowest BCUT2D eigenvalue weighted by Crippen LogP contribution is -2.61. The molecular formula is C40H52N6O6S2. The van der Waals surface area contributed by atoms with Crippen LogP contribution < -0.4 is 21.3 Å². The lowest BCUT2D eigenvalue weighted by atomic mass is 9.90. The molecule has 0 saturated heterocycles. The lowest BCUT2D eigenvalue weighted by molar-refractivity contribution is -0.129. The van der Waals surface area contributed by atoms with Gasteiger partial charge in [-0.25, -0.2) is 9.97 Å². The fourth-order valence-corrected chi connectivity index (χ4v) is 7.88. The number of carbonyl (C=O) groups is 4. The second kappa shape index (κ2) is 19.2. The van der Waals surface area contributed by atoms with Gasteiger partial charge in [-0.15, -0.1) is 22.7 Å². The van der Waals surface area contributed by atoms with Gasteiger partial charge in [-0.05, 0) is 63.5 Å². The maximum Gasteiger partial charge on any atom is 0.263 e. The molecule has 0 spiro atoms. The highest BCUT2D eigenvalue weighted by molar-refractivity contribution is 7.14. The number of aliphatic hydroxyl groups excluding tert-OH is 2. The van der Waals surface area contributed by atoms with E-state index in [1.54, 1.807) is 55.4 Å². The summed E-state index contributed by atoms with van der Waals surface area (Å²) in [5.74, 6) is -2.58. The summed E-state index contributed by atoms with van der Waals surface area (Å²) >= 11 is 2.48. The Balaban J connectivity index is 1.61. The second-order valence-corrected chi connectivity index (χ2v) is 16.7. The third kappa shape index (κ3) is 11.3. The third-order valence-corrected chi connectivity index (χ3v) is 11.3. The molecule has 6 atom stereocenters. The fourth-order valence-electron chi connectivity index (χ4n) is 6.24. The average molecular weight is 777 g/mol. The van der Waals surface area contributed by atoms with E-state index in [9.17, 15) is 29.4 Å². The predicted octanol–water partition coefficient (Wildman–Crippen LogP) is 4.22. The maximum absolute atomic E-state index is 14.0. The zero-order valence-electron chi connectivity index (χ0n) is 32.0. The molecule has 0 aliphatic rings. The van der Waals surface area contributed by atoms with Crippen LogP contribution in [0.25, 0.3) is 0 Å². The van der Waals surface area contributed by atoms with Crippen molar-refractivity contribution >= 4 is 46.3 Å². The van der Waals surface area contributed by atoms with Crippen LogP contribution in [0, 0.1) is 39.5 Å². The molecule has 2 heterocycles. The van der Waals surface area contributed by atoms with Crippen LogP contribution in [0.3, 0.4) is 0 Å². The molecular weight excluding hydrogens is 725 g/mol. The quantitative estimate of drug-likeness (QED) is 0.0922. The lowest BCUT2D eigenvalue weighted by Gasteiger charge is -2.35. The van der Waals surface area contributed by atoms with Gasteiger partial charge in [0.2, 0.25) is 11.8 Å². The molecule has 290 valence electrons. The van der Waals surface area contributed by atoms with Crippen molar-refractivity contribution in [3.8, 4) is 0 Å². The molecule has 2 aromatic heterocycles. The summed E-state index contributed by atoms with van der Waals surface area (Å²) in [4.78, 5) is 64.0. The highest BCUT2D eigenvalue weighted by Crippen LogP contribution is 2.21. The summed E-state index contributed by atoms with van der Waals surface area (Å²) in [6.07, 6.45) is -2.87. The van der Waals surface area contributed by atoms with E-state index in [0.29, 0.717) is 21.1 Å². The summed E-state index contributed by atoms with van der Waals surface area (Å²) < 4.78 is 0. The molecule has 0 bridgehead atoms. The Morgan fingerprint density at radius 2 is 0.907 bits per heavy atom. The Kier molecular flexibility index (Phi) is 15.0. The van der Waals surface area contributed by atoms with E-state index in [4.69, 9.17) is 0 Å². The number of rotatable bonds is 17. The van der Waals surface area contributed by atoms with Crippen LogP contribution in [0.5, 0.6) is 0 Å². The first-order valence-electron chi connectivity index (χ1n) is 18.1. The number of aliphatic hydroxyl groups is 2. The van der Waals surface area contributed by atoms with Crippen LogP contribution >= 0.6 is 22.7 Å². The van der Waals surface area contributed by atoms with Gasteiger partial charge in [0.25, 0.3) is 11.8 Å². The Morgan fingerprint density at radius 3 is 1.19 bits per heavy atom. The summed E-state index contributed by atoms with van der Waals surface area (Å²) in [5.41, 5.74) is 2.71. The van der Waals surface area contributed by atoms with Crippen LogP contribution in [0.1, 0.15) is 79.6 Å². The van der Waals surface area contributed by atoms with E-state index in [1.165, 1.54) is 22.7 Å². The van der Waals surface area contributed by atoms with E-state index in [1.807, 2.05) is 60.7 Å². The first-order chi connectivity index (χ1) is 25.5. The molecule has 2 aromatic carbocycles. The summed E-state index contributed by atoms with van der Waals surface area (Å²) in [7, 11) is 0. The molecule has 4 rings (SSSR count). The number of aryl methyl sites for hydroxylation is 4. The van der Waals surface area contributed by atoms with Gasteiger partial charge in [0, 0.05) is 0 Å². The molecule has 0 aliphatic heterocycles. The number of amides is 4. The Labute approximate surface area is 325 Å². The van der Waals surface area contributed by atoms with Gasteiger partial charge in [0.15, 0.2) is 0 Å². The molecule has 6 N–H and O–H groups in total.